The molecule has 0 bridgehead atoms. The van der Waals surface area contributed by atoms with Crippen LogP contribution >= 0.6 is 22.9 Å². The lowest BCUT2D eigenvalue weighted by molar-refractivity contribution is 0.0879. The second-order valence-corrected chi connectivity index (χ2v) is 9.25. The van der Waals surface area contributed by atoms with Crippen LogP contribution in [0.5, 0.6) is 0 Å². The molecule has 1 aromatic heterocycles. The molecule has 1 aliphatic rings. The van der Waals surface area contributed by atoms with Crippen LogP contribution in [0.25, 0.3) is 0 Å². The van der Waals surface area contributed by atoms with Gasteiger partial charge < -0.3 is 0 Å². The molecule has 0 saturated carbocycles. The van der Waals surface area contributed by atoms with Gasteiger partial charge in [0.25, 0.3) is 0 Å². The number of rotatable bonds is 5. The molecule has 2 heterocycles. The molecule has 24 heavy (non-hydrogen) atoms. The smallest absolute Gasteiger partial charge is 0.218 e. The first-order valence-electron chi connectivity index (χ1n) is 7.76. The summed E-state index contributed by atoms with van der Waals surface area (Å²) >= 11 is 7.27. The van der Waals surface area contributed by atoms with Crippen molar-refractivity contribution in [3.8, 4) is 0 Å². The number of carbonyl (C=O) groups is 1. The monoisotopic (exact) mass is 383 g/mol. The molecule has 1 aromatic carbocycles. The molecule has 4 nitrogen and oxygen atoms in total. The fraction of sp³-hybridized carbons (Fsp3) is 0.353. The van der Waals surface area contributed by atoms with Crippen molar-refractivity contribution in [1.29, 1.82) is 0 Å². The summed E-state index contributed by atoms with van der Waals surface area (Å²) in [6.07, 6.45) is 1.16. The van der Waals surface area contributed by atoms with Crippen LogP contribution in [0.15, 0.2) is 41.8 Å². The van der Waals surface area contributed by atoms with Gasteiger partial charge >= 0.3 is 0 Å². The van der Waals surface area contributed by atoms with Crippen molar-refractivity contribution in [2.45, 2.75) is 18.6 Å². The Morgan fingerprint density at radius 1 is 1.17 bits per heavy atom. The first-order valence-corrected chi connectivity index (χ1v) is 10.6. The van der Waals surface area contributed by atoms with Crippen molar-refractivity contribution in [3.63, 3.8) is 0 Å². The average molecular weight is 384 g/mol. The minimum absolute atomic E-state index is 0.0340. The van der Waals surface area contributed by atoms with Crippen molar-refractivity contribution in [1.82, 2.24) is 4.31 Å². The largest absolute Gasteiger partial charge is 0.293 e. The molecule has 0 aliphatic carbocycles. The number of ketones is 1. The van der Waals surface area contributed by atoms with Gasteiger partial charge in [-0.2, -0.15) is 0 Å². The van der Waals surface area contributed by atoms with Gasteiger partial charge in [-0.05, 0) is 42.0 Å². The highest BCUT2D eigenvalue weighted by Gasteiger charge is 2.31. The fourth-order valence-electron chi connectivity index (χ4n) is 2.90. The average Bonchev–Trinajstić information content (AvgIpc) is 3.11. The van der Waals surface area contributed by atoms with Crippen LogP contribution in [0, 0.1) is 5.92 Å². The minimum Gasteiger partial charge on any atom is -0.293 e. The topological polar surface area (TPSA) is 54.5 Å². The molecular formula is C17H18ClNO3S2. The molecule has 7 heteroatoms. The molecule has 1 aliphatic heterocycles. The van der Waals surface area contributed by atoms with Gasteiger partial charge in [0.15, 0.2) is 5.78 Å². The number of halogens is 1. The fourth-order valence-corrected chi connectivity index (χ4v) is 5.33. The summed E-state index contributed by atoms with van der Waals surface area (Å²) in [4.78, 5) is 13.1. The van der Waals surface area contributed by atoms with Crippen molar-refractivity contribution >= 4 is 38.7 Å². The van der Waals surface area contributed by atoms with Gasteiger partial charge in [-0.1, -0.05) is 29.8 Å². The van der Waals surface area contributed by atoms with E-state index in [1.165, 1.54) is 15.6 Å². The van der Waals surface area contributed by atoms with Crippen LogP contribution < -0.4 is 0 Å². The van der Waals surface area contributed by atoms with Crippen LogP contribution in [-0.2, 0) is 15.8 Å². The Morgan fingerprint density at radius 3 is 2.42 bits per heavy atom. The maximum absolute atomic E-state index is 12.6. The van der Waals surface area contributed by atoms with Crippen LogP contribution in [0.4, 0.5) is 0 Å². The van der Waals surface area contributed by atoms with Crippen LogP contribution in [0.3, 0.4) is 0 Å². The zero-order valence-corrected chi connectivity index (χ0v) is 15.4. The number of hydrogen-bond acceptors (Lipinski definition) is 4. The number of carbonyl (C=O) groups excluding carboxylic acids is 1. The van der Waals surface area contributed by atoms with E-state index in [0.29, 0.717) is 31.0 Å². The Labute approximate surface area is 151 Å². The third-order valence-corrected chi connectivity index (χ3v) is 7.23. The zero-order chi connectivity index (χ0) is 17.2. The predicted molar refractivity (Wildman–Crippen MR) is 97.0 cm³/mol. The van der Waals surface area contributed by atoms with Gasteiger partial charge in [0, 0.05) is 24.0 Å². The third-order valence-electron chi connectivity index (χ3n) is 4.24. The summed E-state index contributed by atoms with van der Waals surface area (Å²) in [5.74, 6) is 0.0265. The van der Waals surface area contributed by atoms with Crippen molar-refractivity contribution < 1.29 is 13.2 Å². The number of benzene rings is 1. The molecule has 0 radical (unpaired) electrons. The standard InChI is InChI=1S/C17H18ClNO3S2/c18-15-5-3-13(4-6-15)12-24(21,22)19-9-7-14(8-10-19)17(20)16-2-1-11-23-16/h1-6,11,14H,7-10,12H2. The highest BCUT2D eigenvalue weighted by Crippen LogP contribution is 2.26. The lowest BCUT2D eigenvalue weighted by Crippen LogP contribution is -2.40. The summed E-state index contributed by atoms with van der Waals surface area (Å²) in [6, 6.07) is 10.5. The molecule has 128 valence electrons. The molecule has 0 amide bonds. The summed E-state index contributed by atoms with van der Waals surface area (Å²) in [6.45, 7) is 0.801. The second kappa shape index (κ2) is 7.35. The Kier molecular flexibility index (Phi) is 5.39. The van der Waals surface area contributed by atoms with Crippen molar-refractivity contribution in [3.05, 3.63) is 57.2 Å². The van der Waals surface area contributed by atoms with E-state index in [4.69, 9.17) is 11.6 Å². The van der Waals surface area contributed by atoms with E-state index in [1.54, 1.807) is 24.3 Å². The number of sulfonamides is 1. The van der Waals surface area contributed by atoms with Gasteiger partial charge in [-0.3, -0.25) is 4.79 Å². The molecular weight excluding hydrogens is 366 g/mol. The summed E-state index contributed by atoms with van der Waals surface area (Å²) in [7, 11) is -3.37. The first kappa shape index (κ1) is 17.6. The molecule has 0 atom stereocenters. The maximum Gasteiger partial charge on any atom is 0.218 e. The molecule has 0 spiro atoms. The second-order valence-electron chi connectivity index (χ2n) is 5.90. The number of hydrogen-bond donors (Lipinski definition) is 0. The summed E-state index contributed by atoms with van der Waals surface area (Å²) in [5.41, 5.74) is 0.719. The van der Waals surface area contributed by atoms with Crippen LogP contribution in [0.1, 0.15) is 28.1 Å². The SMILES string of the molecule is O=C(c1cccs1)C1CCN(S(=O)(=O)Cc2ccc(Cl)cc2)CC1. The molecule has 0 unspecified atom stereocenters. The quantitative estimate of drug-likeness (QED) is 0.737. The lowest BCUT2D eigenvalue weighted by Gasteiger charge is -2.30. The Morgan fingerprint density at radius 2 is 1.83 bits per heavy atom. The highest BCUT2D eigenvalue weighted by molar-refractivity contribution is 7.88. The molecule has 0 N–H and O–H groups in total. The first-order chi connectivity index (χ1) is 11.5. The van der Waals surface area contributed by atoms with Gasteiger partial charge in [-0.25, -0.2) is 12.7 Å². The Bertz CT molecular complexity index is 793. The Balaban J connectivity index is 1.61. The summed E-state index contributed by atoms with van der Waals surface area (Å²) in [5, 5.41) is 2.47. The maximum atomic E-state index is 12.6. The van der Waals surface area contributed by atoms with E-state index >= 15 is 0 Å². The summed E-state index contributed by atoms with van der Waals surface area (Å²) < 4.78 is 26.6. The van der Waals surface area contributed by atoms with Gasteiger partial charge in [0.05, 0.1) is 10.6 Å². The predicted octanol–water partition coefficient (Wildman–Crippen LogP) is 3.83. The normalized spacial score (nSPS) is 17.0. The van der Waals surface area contributed by atoms with Crippen molar-refractivity contribution in [2.75, 3.05) is 13.1 Å². The van der Waals surface area contributed by atoms with Crippen molar-refractivity contribution in [2.24, 2.45) is 5.92 Å². The molecule has 2 aromatic rings. The minimum atomic E-state index is -3.37. The number of thiophene rings is 1. The number of Topliss-reactive ketones (excluding diaryl/α,β-unsaturated/α-hetero) is 1. The van der Waals surface area contributed by atoms with E-state index in [-0.39, 0.29) is 17.5 Å². The molecule has 1 fully saturated rings. The molecule has 1 saturated heterocycles. The Hall–Kier alpha value is -1.21. The number of piperidine rings is 1. The van der Waals surface area contributed by atoms with Gasteiger partial charge in [-0.15, -0.1) is 11.3 Å². The highest BCUT2D eigenvalue weighted by atomic mass is 35.5. The lowest BCUT2D eigenvalue weighted by atomic mass is 9.93. The van der Waals surface area contributed by atoms with Crippen LogP contribution in [-0.4, -0.2) is 31.6 Å². The number of nitrogens with zero attached hydrogens (tertiary/aromatic N) is 1. The van der Waals surface area contributed by atoms with E-state index in [9.17, 15) is 13.2 Å². The molecule has 3 rings (SSSR count). The van der Waals surface area contributed by atoms with Gasteiger partial charge in [0.2, 0.25) is 10.0 Å². The van der Waals surface area contributed by atoms with Gasteiger partial charge in [0.1, 0.15) is 0 Å². The zero-order valence-electron chi connectivity index (χ0n) is 13.0. The van der Waals surface area contributed by atoms with E-state index in [1.807, 2.05) is 17.5 Å². The van der Waals surface area contributed by atoms with E-state index in [0.717, 1.165) is 10.4 Å². The van der Waals surface area contributed by atoms with E-state index < -0.39 is 10.0 Å². The van der Waals surface area contributed by atoms with E-state index in [2.05, 4.69) is 0 Å². The van der Waals surface area contributed by atoms with Crippen LogP contribution in [0.2, 0.25) is 5.02 Å². The third kappa shape index (κ3) is 4.06.